The van der Waals surface area contributed by atoms with Gasteiger partial charge in [-0.25, -0.2) is 4.39 Å². The van der Waals surface area contributed by atoms with Gasteiger partial charge in [0.2, 0.25) is 0 Å². The summed E-state index contributed by atoms with van der Waals surface area (Å²) in [5, 5.41) is 15.1. The van der Waals surface area contributed by atoms with Crippen molar-refractivity contribution in [3.63, 3.8) is 0 Å². The summed E-state index contributed by atoms with van der Waals surface area (Å²) in [6.07, 6.45) is 6.84. The Kier molecular flexibility index (Phi) is 9.48. The van der Waals surface area contributed by atoms with Crippen LogP contribution in [-0.2, 0) is 12.1 Å². The summed E-state index contributed by atoms with van der Waals surface area (Å²) in [5.41, 5.74) is 5.42. The van der Waals surface area contributed by atoms with Gasteiger partial charge < -0.3 is 20.2 Å². The lowest BCUT2D eigenvalue weighted by Crippen LogP contribution is -2.42. The van der Waals surface area contributed by atoms with Crippen LogP contribution in [0, 0.1) is 11.7 Å². The average molecular weight is 604 g/mol. The first kappa shape index (κ1) is 30.3. The molecule has 1 aliphatic carbocycles. The number of benzene rings is 3. The fourth-order valence-corrected chi connectivity index (χ4v) is 7.68. The number of hydrogen-bond acceptors (Lipinski definition) is 5. The Morgan fingerprint density at radius 1 is 1.00 bits per heavy atom. The Bertz CT molecular complexity index is 1390. The van der Waals surface area contributed by atoms with E-state index >= 15 is 0 Å². The highest BCUT2D eigenvalue weighted by Gasteiger charge is 2.38. The number of nitrogens with zero attached hydrogens (tertiary/aromatic N) is 2. The van der Waals surface area contributed by atoms with Gasteiger partial charge >= 0.3 is 0 Å². The molecule has 2 fully saturated rings. The van der Waals surface area contributed by atoms with E-state index in [0.717, 1.165) is 56.5 Å². The summed E-state index contributed by atoms with van der Waals surface area (Å²) in [4.78, 5) is 17.1. The molecular weight excluding hydrogens is 561 g/mol. The molecule has 0 radical (unpaired) electrons. The number of carbonyl (C=O) groups excluding carboxylic acids is 1. The van der Waals surface area contributed by atoms with Crippen LogP contribution < -0.4 is 10.2 Å². The maximum absolute atomic E-state index is 12.9. The fourth-order valence-electron chi connectivity index (χ4n) is 7.56. The second-order valence-corrected chi connectivity index (χ2v) is 13.1. The molecule has 1 saturated carbocycles. The van der Waals surface area contributed by atoms with Gasteiger partial charge in [0.1, 0.15) is 5.82 Å². The Morgan fingerprint density at radius 3 is 2.53 bits per heavy atom. The number of carbonyl (C=O) groups is 1. The van der Waals surface area contributed by atoms with E-state index in [2.05, 4.69) is 33.3 Å². The van der Waals surface area contributed by atoms with Crippen LogP contribution in [0.2, 0.25) is 5.02 Å². The molecule has 0 spiro atoms. The van der Waals surface area contributed by atoms with Gasteiger partial charge in [-0.3, -0.25) is 4.79 Å². The van der Waals surface area contributed by atoms with E-state index in [1.54, 1.807) is 11.3 Å². The number of hydrogen-bond donors (Lipinski definition) is 2. The molecule has 1 saturated heterocycles. The summed E-state index contributed by atoms with van der Waals surface area (Å²) < 4.78 is 12.9. The summed E-state index contributed by atoms with van der Waals surface area (Å²) in [7, 11) is 0. The maximum Gasteiger partial charge on any atom is 0.162 e. The second-order valence-electron chi connectivity index (χ2n) is 12.7. The average Bonchev–Trinajstić information content (AvgIpc) is 3.40. The standard InChI is InChI=1S/C21H23ClFNO2.C15H20N2/c22-18-7-5-17(6-8-18)21(26)11-14-24(15-12-21)13-1-2-20(25)16-3-9-19(23)10-4-16;1-3-11-9-16-7-8-17-10-12-4-2-5-13(12)14(6-1)15(11)17/h3-10,26H,1-2,11-15H2;1,3,6,12-13,16H,2,4-5,7-10H2/t;12-,13-/m.0/s1. The number of piperidine rings is 1. The molecule has 3 aromatic carbocycles. The maximum atomic E-state index is 12.9. The number of anilines is 1. The van der Waals surface area contributed by atoms with Crippen molar-refractivity contribution in [2.45, 2.75) is 63.0 Å². The lowest BCUT2D eigenvalue weighted by molar-refractivity contribution is -0.0260. The van der Waals surface area contributed by atoms with E-state index in [1.807, 2.05) is 24.3 Å². The third kappa shape index (κ3) is 6.99. The van der Waals surface area contributed by atoms with Gasteiger partial charge in [0.25, 0.3) is 0 Å². The summed E-state index contributed by atoms with van der Waals surface area (Å²) >= 11 is 5.92. The molecular formula is C36H43ClFN3O2. The van der Waals surface area contributed by atoms with Crippen LogP contribution >= 0.6 is 11.6 Å². The van der Waals surface area contributed by atoms with E-state index in [0.29, 0.717) is 29.8 Å². The van der Waals surface area contributed by atoms with E-state index in [4.69, 9.17) is 11.6 Å². The molecule has 0 bridgehead atoms. The van der Waals surface area contributed by atoms with Crippen molar-refractivity contribution in [1.82, 2.24) is 10.2 Å². The van der Waals surface area contributed by atoms with E-state index < -0.39 is 5.60 Å². The molecule has 228 valence electrons. The molecule has 43 heavy (non-hydrogen) atoms. The molecule has 5 nitrogen and oxygen atoms in total. The zero-order chi connectivity index (χ0) is 29.8. The zero-order valence-electron chi connectivity index (χ0n) is 24.9. The van der Waals surface area contributed by atoms with Gasteiger partial charge in [0.15, 0.2) is 5.78 Å². The van der Waals surface area contributed by atoms with Crippen molar-refractivity contribution in [1.29, 1.82) is 0 Å². The highest BCUT2D eigenvalue weighted by atomic mass is 35.5. The monoisotopic (exact) mass is 603 g/mol. The van der Waals surface area contributed by atoms with Crippen LogP contribution in [0.25, 0.3) is 0 Å². The van der Waals surface area contributed by atoms with E-state index in [-0.39, 0.29) is 11.6 Å². The third-order valence-electron chi connectivity index (χ3n) is 9.96. The predicted octanol–water partition coefficient (Wildman–Crippen LogP) is 6.92. The highest BCUT2D eigenvalue weighted by molar-refractivity contribution is 6.30. The predicted molar refractivity (Wildman–Crippen MR) is 171 cm³/mol. The topological polar surface area (TPSA) is 55.8 Å². The third-order valence-corrected chi connectivity index (χ3v) is 10.2. The van der Waals surface area contributed by atoms with Crippen LogP contribution in [0.5, 0.6) is 0 Å². The highest BCUT2D eigenvalue weighted by Crippen LogP contribution is 2.48. The van der Waals surface area contributed by atoms with Crippen molar-refractivity contribution < 1.29 is 14.3 Å². The van der Waals surface area contributed by atoms with Crippen molar-refractivity contribution in [3.05, 3.63) is 99.8 Å². The van der Waals surface area contributed by atoms with Gasteiger partial charge in [-0.15, -0.1) is 0 Å². The molecule has 0 amide bonds. The quantitative estimate of drug-likeness (QED) is 0.300. The summed E-state index contributed by atoms with van der Waals surface area (Å²) in [6.45, 7) is 7.09. The minimum atomic E-state index is -0.801. The van der Waals surface area contributed by atoms with Crippen LogP contribution in [-0.4, -0.2) is 55.1 Å². The van der Waals surface area contributed by atoms with Gasteiger partial charge in [-0.2, -0.15) is 0 Å². The number of rotatable bonds is 6. The number of Topliss-reactive ketones (excluding diaryl/α,β-unsaturated/α-hetero) is 1. The molecule has 3 aliphatic heterocycles. The number of halogens is 2. The van der Waals surface area contributed by atoms with Crippen molar-refractivity contribution in [3.8, 4) is 0 Å². The molecule has 7 rings (SSSR count). The number of nitrogens with one attached hydrogen (secondary N) is 1. The Labute approximate surface area is 260 Å². The summed E-state index contributed by atoms with van der Waals surface area (Å²) in [6, 6.07) is 20.0. The second kappa shape index (κ2) is 13.5. The molecule has 2 N–H and O–H groups in total. The van der Waals surface area contributed by atoms with Gasteiger partial charge in [0.05, 0.1) is 5.60 Å². The zero-order valence-corrected chi connectivity index (χ0v) is 25.7. The molecule has 0 unspecified atom stereocenters. The van der Waals surface area contributed by atoms with E-state index in [1.165, 1.54) is 62.2 Å². The largest absolute Gasteiger partial charge is 0.385 e. The molecule has 3 aromatic rings. The van der Waals surface area contributed by atoms with Crippen molar-refractivity contribution in [2.75, 3.05) is 44.2 Å². The van der Waals surface area contributed by atoms with Crippen LogP contribution in [0.4, 0.5) is 10.1 Å². The van der Waals surface area contributed by atoms with Crippen LogP contribution in [0.1, 0.15) is 77.9 Å². The van der Waals surface area contributed by atoms with Crippen molar-refractivity contribution >= 4 is 23.1 Å². The first-order valence-corrected chi connectivity index (χ1v) is 16.3. The Morgan fingerprint density at radius 2 is 1.77 bits per heavy atom. The van der Waals surface area contributed by atoms with Crippen LogP contribution in [0.3, 0.4) is 0 Å². The first-order chi connectivity index (χ1) is 20.9. The number of ketones is 1. The van der Waals surface area contributed by atoms with Crippen LogP contribution in [0.15, 0.2) is 66.7 Å². The molecule has 0 aromatic heterocycles. The van der Waals surface area contributed by atoms with Crippen molar-refractivity contribution in [2.24, 2.45) is 5.92 Å². The normalized spacial score (nSPS) is 22.5. The number of aliphatic hydroxyl groups is 1. The van der Waals surface area contributed by atoms with E-state index in [9.17, 15) is 14.3 Å². The smallest absolute Gasteiger partial charge is 0.162 e. The first-order valence-electron chi connectivity index (χ1n) is 16.0. The number of likely N-dealkylation sites (tertiary alicyclic amines) is 1. The Balaban J connectivity index is 0.000000166. The Hall–Kier alpha value is -2.77. The molecule has 4 aliphatic rings. The SMILES string of the molecule is O=C(CCCN1CCC(O)(c2ccc(Cl)cc2)CC1)c1ccc(F)cc1.c1cc2c3c(c1)[C@H]1CCC[C@H]1CN3CCNC2. The minimum Gasteiger partial charge on any atom is -0.385 e. The van der Waals surface area contributed by atoms with Gasteiger partial charge in [-0.1, -0.05) is 48.4 Å². The summed E-state index contributed by atoms with van der Waals surface area (Å²) in [5.74, 6) is 1.50. The van der Waals surface area contributed by atoms with Gasteiger partial charge in [0, 0.05) is 62.0 Å². The minimum absolute atomic E-state index is 0.0414. The molecule has 7 heteroatoms. The number of para-hydroxylation sites is 1. The molecule has 2 atom stereocenters. The lowest BCUT2D eigenvalue weighted by Gasteiger charge is -2.38. The lowest BCUT2D eigenvalue weighted by atomic mass is 9.82. The number of fused-ring (bicyclic) bond motifs is 2. The van der Waals surface area contributed by atoms with Gasteiger partial charge in [-0.05, 0) is 104 Å². The fraction of sp³-hybridized carbons (Fsp3) is 0.472. The molecule has 3 heterocycles.